The molecule has 0 saturated heterocycles. The van der Waals surface area contributed by atoms with Crippen molar-refractivity contribution in [1.29, 1.82) is 0 Å². The van der Waals surface area contributed by atoms with Crippen LogP contribution in [0, 0.1) is 6.92 Å². The van der Waals surface area contributed by atoms with Crippen LogP contribution in [0.4, 0.5) is 5.69 Å². The monoisotopic (exact) mass is 316 g/mol. The molecular weight excluding hydrogens is 304 g/mol. The predicted molar refractivity (Wildman–Crippen MR) is 80.1 cm³/mol. The van der Waals surface area contributed by atoms with Gasteiger partial charge in [0.25, 0.3) is 0 Å². The molecule has 1 heterocycles. The van der Waals surface area contributed by atoms with E-state index in [4.69, 9.17) is 10.2 Å². The lowest BCUT2D eigenvalue weighted by molar-refractivity contribution is 0.542. The molecule has 0 bridgehead atoms. The third-order valence-corrected chi connectivity index (χ3v) is 3.54. The highest BCUT2D eigenvalue weighted by molar-refractivity contribution is 9.10. The average Bonchev–Trinajstić information content (AvgIpc) is 2.75. The van der Waals surface area contributed by atoms with Crippen LogP contribution in [-0.2, 0) is 6.42 Å². The van der Waals surface area contributed by atoms with Crippen LogP contribution in [0.5, 0.6) is 0 Å². The zero-order valence-corrected chi connectivity index (χ0v) is 12.1. The van der Waals surface area contributed by atoms with Crippen LogP contribution in [0.1, 0.15) is 17.0 Å². The summed E-state index contributed by atoms with van der Waals surface area (Å²) in [7, 11) is 0. The van der Waals surface area contributed by atoms with Gasteiger partial charge in [-0.25, -0.2) is 4.98 Å². The van der Waals surface area contributed by atoms with Crippen molar-refractivity contribution in [3.05, 3.63) is 57.9 Å². The number of benzene rings is 2. The molecule has 3 nitrogen and oxygen atoms in total. The number of nitrogens with two attached hydrogens (primary N) is 1. The molecule has 0 saturated carbocycles. The SMILES string of the molecule is Cc1cc(N)cc2nc(Cc3ccc(Br)cc3)oc12. The van der Waals surface area contributed by atoms with Gasteiger partial charge in [0.05, 0.1) is 0 Å². The maximum absolute atomic E-state index is 5.82. The molecule has 0 aliphatic rings. The summed E-state index contributed by atoms with van der Waals surface area (Å²) in [5.41, 5.74) is 10.4. The molecular formula is C15H13BrN2O. The first kappa shape index (κ1) is 12.2. The largest absolute Gasteiger partial charge is 0.440 e. The number of halogens is 1. The van der Waals surface area contributed by atoms with Crippen molar-refractivity contribution >= 4 is 32.7 Å². The van der Waals surface area contributed by atoms with Gasteiger partial charge in [-0.2, -0.15) is 0 Å². The normalized spacial score (nSPS) is 11.1. The topological polar surface area (TPSA) is 52.0 Å². The van der Waals surface area contributed by atoms with Crippen molar-refractivity contribution in [2.24, 2.45) is 0 Å². The summed E-state index contributed by atoms with van der Waals surface area (Å²) < 4.78 is 6.88. The quantitative estimate of drug-likeness (QED) is 0.725. The number of anilines is 1. The van der Waals surface area contributed by atoms with Crippen LogP contribution < -0.4 is 5.73 Å². The van der Waals surface area contributed by atoms with Gasteiger partial charge in [-0.05, 0) is 42.3 Å². The molecule has 3 aromatic rings. The van der Waals surface area contributed by atoms with Crippen molar-refractivity contribution in [2.45, 2.75) is 13.3 Å². The Morgan fingerprint density at radius 2 is 1.95 bits per heavy atom. The summed E-state index contributed by atoms with van der Waals surface area (Å²) in [5.74, 6) is 0.714. The third-order valence-electron chi connectivity index (χ3n) is 3.01. The lowest BCUT2D eigenvalue weighted by atomic mass is 10.1. The van der Waals surface area contributed by atoms with Crippen LogP contribution in [0.15, 0.2) is 45.3 Å². The average molecular weight is 317 g/mol. The molecule has 0 aliphatic carbocycles. The van der Waals surface area contributed by atoms with Gasteiger partial charge in [0.1, 0.15) is 5.52 Å². The van der Waals surface area contributed by atoms with E-state index in [9.17, 15) is 0 Å². The number of oxazole rings is 1. The van der Waals surface area contributed by atoms with E-state index in [1.54, 1.807) is 0 Å². The smallest absolute Gasteiger partial charge is 0.199 e. The van der Waals surface area contributed by atoms with E-state index >= 15 is 0 Å². The number of hydrogen-bond donors (Lipinski definition) is 1. The fourth-order valence-electron chi connectivity index (χ4n) is 2.13. The zero-order chi connectivity index (χ0) is 13.4. The molecule has 0 unspecified atom stereocenters. The maximum atomic E-state index is 5.82. The van der Waals surface area contributed by atoms with Gasteiger partial charge in [0, 0.05) is 16.6 Å². The molecule has 0 fully saturated rings. The fourth-order valence-corrected chi connectivity index (χ4v) is 2.39. The molecule has 0 atom stereocenters. The fraction of sp³-hybridized carbons (Fsp3) is 0.133. The van der Waals surface area contributed by atoms with Crippen LogP contribution in [-0.4, -0.2) is 4.98 Å². The Hall–Kier alpha value is -1.81. The van der Waals surface area contributed by atoms with E-state index in [0.29, 0.717) is 18.0 Å². The Morgan fingerprint density at radius 1 is 1.21 bits per heavy atom. The molecule has 4 heteroatoms. The van der Waals surface area contributed by atoms with E-state index in [1.165, 1.54) is 5.56 Å². The first-order valence-corrected chi connectivity index (χ1v) is 6.81. The van der Waals surface area contributed by atoms with Crippen molar-refractivity contribution < 1.29 is 4.42 Å². The molecule has 0 amide bonds. The Bertz CT molecular complexity index is 732. The molecule has 1 aromatic heterocycles. The Balaban J connectivity index is 1.97. The van der Waals surface area contributed by atoms with Gasteiger partial charge in [0.2, 0.25) is 0 Å². The lowest BCUT2D eigenvalue weighted by Gasteiger charge is -1.97. The summed E-state index contributed by atoms with van der Waals surface area (Å²) in [4.78, 5) is 4.49. The van der Waals surface area contributed by atoms with Gasteiger partial charge < -0.3 is 10.2 Å². The summed E-state index contributed by atoms with van der Waals surface area (Å²) in [5, 5.41) is 0. The molecule has 2 N–H and O–H groups in total. The predicted octanol–water partition coefficient (Wildman–Crippen LogP) is 4.07. The zero-order valence-electron chi connectivity index (χ0n) is 10.5. The van der Waals surface area contributed by atoms with Gasteiger partial charge in [-0.1, -0.05) is 28.1 Å². The van der Waals surface area contributed by atoms with Gasteiger partial charge in [-0.3, -0.25) is 0 Å². The molecule has 2 aromatic carbocycles. The van der Waals surface area contributed by atoms with Crippen LogP contribution in [0.2, 0.25) is 0 Å². The Kier molecular flexibility index (Phi) is 3.03. The van der Waals surface area contributed by atoms with Gasteiger partial charge in [-0.15, -0.1) is 0 Å². The van der Waals surface area contributed by atoms with Crippen LogP contribution >= 0.6 is 15.9 Å². The second-order valence-electron chi connectivity index (χ2n) is 4.60. The van der Waals surface area contributed by atoms with Gasteiger partial charge >= 0.3 is 0 Å². The van der Waals surface area contributed by atoms with E-state index in [-0.39, 0.29) is 0 Å². The van der Waals surface area contributed by atoms with Crippen molar-refractivity contribution in [3.63, 3.8) is 0 Å². The minimum atomic E-state index is 0.682. The number of aryl methyl sites for hydroxylation is 1. The van der Waals surface area contributed by atoms with E-state index in [0.717, 1.165) is 21.1 Å². The molecule has 96 valence electrons. The first-order valence-electron chi connectivity index (χ1n) is 6.02. The van der Waals surface area contributed by atoms with Crippen molar-refractivity contribution in [1.82, 2.24) is 4.98 Å². The highest BCUT2D eigenvalue weighted by atomic mass is 79.9. The number of rotatable bonds is 2. The number of nitrogens with zero attached hydrogens (tertiary/aromatic N) is 1. The van der Waals surface area contributed by atoms with E-state index in [1.807, 2.05) is 31.2 Å². The second-order valence-corrected chi connectivity index (χ2v) is 5.51. The van der Waals surface area contributed by atoms with Gasteiger partial charge in [0.15, 0.2) is 11.5 Å². The molecule has 3 rings (SSSR count). The van der Waals surface area contributed by atoms with E-state index < -0.39 is 0 Å². The number of hydrogen-bond acceptors (Lipinski definition) is 3. The molecule has 0 spiro atoms. The number of fused-ring (bicyclic) bond motifs is 1. The van der Waals surface area contributed by atoms with Crippen molar-refractivity contribution in [2.75, 3.05) is 5.73 Å². The standard InChI is InChI=1S/C15H13BrN2O/c1-9-6-12(17)8-13-15(9)19-14(18-13)7-10-2-4-11(16)5-3-10/h2-6,8H,7,17H2,1H3. The highest BCUT2D eigenvalue weighted by Crippen LogP contribution is 2.24. The minimum absolute atomic E-state index is 0.682. The minimum Gasteiger partial charge on any atom is -0.440 e. The Labute approximate surface area is 119 Å². The number of nitrogen functional groups attached to an aromatic ring is 1. The maximum Gasteiger partial charge on any atom is 0.199 e. The summed E-state index contributed by atoms with van der Waals surface area (Å²) >= 11 is 3.42. The molecule has 0 radical (unpaired) electrons. The molecule has 0 aliphatic heterocycles. The lowest BCUT2D eigenvalue weighted by Crippen LogP contribution is -1.87. The van der Waals surface area contributed by atoms with Crippen molar-refractivity contribution in [3.8, 4) is 0 Å². The summed E-state index contributed by atoms with van der Waals surface area (Å²) in [6.45, 7) is 1.98. The first-order chi connectivity index (χ1) is 9.11. The summed E-state index contributed by atoms with van der Waals surface area (Å²) in [6.07, 6.45) is 0.682. The summed E-state index contributed by atoms with van der Waals surface area (Å²) in [6, 6.07) is 11.9. The number of aromatic nitrogens is 1. The van der Waals surface area contributed by atoms with Crippen LogP contribution in [0.3, 0.4) is 0 Å². The molecule has 19 heavy (non-hydrogen) atoms. The Morgan fingerprint density at radius 3 is 2.68 bits per heavy atom. The van der Waals surface area contributed by atoms with Crippen LogP contribution in [0.25, 0.3) is 11.1 Å². The third kappa shape index (κ3) is 2.49. The second kappa shape index (κ2) is 4.70. The van der Waals surface area contributed by atoms with E-state index in [2.05, 4.69) is 33.0 Å². The highest BCUT2D eigenvalue weighted by Gasteiger charge is 2.09.